The van der Waals surface area contributed by atoms with Crippen molar-refractivity contribution in [2.24, 2.45) is 5.73 Å². The molecule has 7 nitrogen and oxygen atoms in total. The fraction of sp³-hybridized carbons (Fsp3) is 0.292. The normalized spacial score (nSPS) is 17.8. The zero-order valence-corrected chi connectivity index (χ0v) is 17.1. The third kappa shape index (κ3) is 5.00. The first-order valence-corrected chi connectivity index (χ1v) is 10.3. The molecule has 31 heavy (non-hydrogen) atoms. The summed E-state index contributed by atoms with van der Waals surface area (Å²) < 4.78 is 11.9. The molecule has 1 aliphatic rings. The highest BCUT2D eigenvalue weighted by atomic mass is 16.5. The van der Waals surface area contributed by atoms with Crippen LogP contribution in [0.3, 0.4) is 0 Å². The van der Waals surface area contributed by atoms with Crippen molar-refractivity contribution in [3.8, 4) is 34.6 Å². The molecule has 3 N–H and O–H groups in total. The van der Waals surface area contributed by atoms with Crippen LogP contribution in [0, 0.1) is 11.3 Å². The quantitative estimate of drug-likeness (QED) is 0.605. The highest BCUT2D eigenvalue weighted by Gasteiger charge is 2.27. The van der Waals surface area contributed by atoms with Crippen LogP contribution in [0.5, 0.6) is 17.4 Å². The van der Waals surface area contributed by atoms with Gasteiger partial charge in [-0.05, 0) is 61.6 Å². The summed E-state index contributed by atoms with van der Waals surface area (Å²) in [4.78, 5) is 0. The molecule has 0 aliphatic heterocycles. The van der Waals surface area contributed by atoms with Gasteiger partial charge in [0.05, 0.1) is 23.9 Å². The molecule has 0 radical (unpaired) electrons. The maximum atomic E-state index is 9.99. The van der Waals surface area contributed by atoms with Crippen LogP contribution in [0.4, 0.5) is 0 Å². The number of benzene rings is 2. The van der Waals surface area contributed by atoms with Crippen molar-refractivity contribution in [2.75, 3.05) is 6.54 Å². The standard InChI is InChI=1S/C24H24N4O3/c25-11-10-16-4-7-18(8-5-16)20-9-6-17(14-26)12-23(20)30-19-13-24(28-27-15-19)31-22-3-1-2-21(22)29/h4-9,12-13,15,21-22,29H,1-3,10-11,25H2/t21-,22+/m1/s1. The Hall–Kier alpha value is -3.47. The lowest BCUT2D eigenvalue weighted by Gasteiger charge is -2.16. The first-order valence-electron chi connectivity index (χ1n) is 10.3. The monoisotopic (exact) mass is 416 g/mol. The largest absolute Gasteiger partial charge is 0.470 e. The van der Waals surface area contributed by atoms with E-state index in [2.05, 4.69) is 16.3 Å². The Kier molecular flexibility index (Phi) is 6.41. The molecule has 7 heteroatoms. The minimum absolute atomic E-state index is 0.283. The van der Waals surface area contributed by atoms with Crippen molar-refractivity contribution in [1.82, 2.24) is 10.2 Å². The molecule has 1 saturated carbocycles. The van der Waals surface area contributed by atoms with Crippen LogP contribution in [0.15, 0.2) is 54.7 Å². The number of nitrogens with two attached hydrogens (primary N) is 1. The van der Waals surface area contributed by atoms with Gasteiger partial charge in [-0.2, -0.15) is 10.4 Å². The maximum absolute atomic E-state index is 9.99. The van der Waals surface area contributed by atoms with Gasteiger partial charge in [0.2, 0.25) is 5.88 Å². The molecule has 1 heterocycles. The smallest absolute Gasteiger partial charge is 0.237 e. The van der Waals surface area contributed by atoms with Crippen LogP contribution in [0.1, 0.15) is 30.4 Å². The molecular formula is C24H24N4O3. The first-order chi connectivity index (χ1) is 15.2. The molecule has 3 aromatic rings. The zero-order chi connectivity index (χ0) is 21.6. The molecule has 1 fully saturated rings. The van der Waals surface area contributed by atoms with Crippen molar-refractivity contribution < 1.29 is 14.6 Å². The van der Waals surface area contributed by atoms with Crippen LogP contribution in [0.2, 0.25) is 0 Å². The number of rotatable bonds is 7. The molecule has 0 unspecified atom stereocenters. The molecule has 0 spiro atoms. The summed E-state index contributed by atoms with van der Waals surface area (Å²) >= 11 is 0. The van der Waals surface area contributed by atoms with Crippen LogP contribution in [-0.4, -0.2) is 34.1 Å². The van der Waals surface area contributed by atoms with Crippen LogP contribution in [0.25, 0.3) is 11.1 Å². The lowest BCUT2D eigenvalue weighted by Crippen LogP contribution is -2.26. The van der Waals surface area contributed by atoms with Crippen molar-refractivity contribution >= 4 is 0 Å². The van der Waals surface area contributed by atoms with Gasteiger partial charge in [0.1, 0.15) is 11.9 Å². The third-order valence-electron chi connectivity index (χ3n) is 5.33. The maximum Gasteiger partial charge on any atom is 0.237 e. The highest BCUT2D eigenvalue weighted by Crippen LogP contribution is 2.35. The van der Waals surface area contributed by atoms with E-state index in [1.54, 1.807) is 18.2 Å². The molecule has 1 aromatic heterocycles. The number of nitriles is 1. The number of aliphatic hydroxyl groups excluding tert-OH is 1. The van der Waals surface area contributed by atoms with Gasteiger partial charge < -0.3 is 20.3 Å². The topological polar surface area (TPSA) is 114 Å². The minimum Gasteiger partial charge on any atom is -0.470 e. The summed E-state index contributed by atoms with van der Waals surface area (Å²) in [6.07, 6.45) is 3.96. The Morgan fingerprint density at radius 3 is 2.68 bits per heavy atom. The van der Waals surface area contributed by atoms with Gasteiger partial charge in [-0.25, -0.2) is 0 Å². The summed E-state index contributed by atoms with van der Waals surface area (Å²) in [5.41, 5.74) is 9.11. The Morgan fingerprint density at radius 2 is 1.97 bits per heavy atom. The number of ether oxygens (including phenoxy) is 2. The van der Waals surface area contributed by atoms with E-state index in [4.69, 9.17) is 15.2 Å². The average molecular weight is 416 g/mol. The van der Waals surface area contributed by atoms with E-state index in [9.17, 15) is 10.4 Å². The van der Waals surface area contributed by atoms with E-state index in [0.29, 0.717) is 29.5 Å². The van der Waals surface area contributed by atoms with Gasteiger partial charge >= 0.3 is 0 Å². The molecule has 0 saturated heterocycles. The molecule has 0 amide bonds. The van der Waals surface area contributed by atoms with Crippen LogP contribution in [-0.2, 0) is 6.42 Å². The van der Waals surface area contributed by atoms with E-state index in [-0.39, 0.29) is 6.10 Å². The van der Waals surface area contributed by atoms with E-state index in [1.807, 2.05) is 30.3 Å². The van der Waals surface area contributed by atoms with Gasteiger partial charge in [-0.1, -0.05) is 24.3 Å². The minimum atomic E-state index is -0.493. The lowest BCUT2D eigenvalue weighted by atomic mass is 10.0. The van der Waals surface area contributed by atoms with Crippen LogP contribution >= 0.6 is 0 Å². The highest BCUT2D eigenvalue weighted by molar-refractivity contribution is 5.72. The van der Waals surface area contributed by atoms with Crippen molar-refractivity contribution in [1.29, 1.82) is 5.26 Å². The van der Waals surface area contributed by atoms with Gasteiger partial charge in [0, 0.05) is 11.6 Å². The Balaban J connectivity index is 1.60. The molecule has 0 bridgehead atoms. The third-order valence-corrected chi connectivity index (χ3v) is 5.33. The van der Waals surface area contributed by atoms with E-state index < -0.39 is 6.10 Å². The van der Waals surface area contributed by atoms with Gasteiger partial charge in [-0.15, -0.1) is 5.10 Å². The van der Waals surface area contributed by atoms with E-state index in [0.717, 1.165) is 42.4 Å². The summed E-state index contributed by atoms with van der Waals surface area (Å²) in [6, 6.07) is 17.2. The summed E-state index contributed by atoms with van der Waals surface area (Å²) in [7, 11) is 0. The predicted octanol–water partition coefficient (Wildman–Crippen LogP) is 3.60. The summed E-state index contributed by atoms with van der Waals surface area (Å²) in [5, 5.41) is 27.3. The molecule has 2 atom stereocenters. The Morgan fingerprint density at radius 1 is 1.13 bits per heavy atom. The second kappa shape index (κ2) is 9.56. The fourth-order valence-corrected chi connectivity index (χ4v) is 3.70. The first kappa shape index (κ1) is 20.8. The molecular weight excluding hydrogens is 392 g/mol. The second-order valence-corrected chi connectivity index (χ2v) is 7.54. The second-order valence-electron chi connectivity index (χ2n) is 7.54. The molecule has 2 aromatic carbocycles. The summed E-state index contributed by atoms with van der Waals surface area (Å²) in [5.74, 6) is 1.27. The summed E-state index contributed by atoms with van der Waals surface area (Å²) in [6.45, 7) is 0.599. The lowest BCUT2D eigenvalue weighted by molar-refractivity contribution is 0.0566. The van der Waals surface area contributed by atoms with Gasteiger partial charge in [-0.3, -0.25) is 0 Å². The average Bonchev–Trinajstić information content (AvgIpc) is 3.19. The van der Waals surface area contributed by atoms with Gasteiger partial charge in [0.25, 0.3) is 0 Å². The SMILES string of the molecule is N#Cc1ccc(-c2ccc(CCN)cc2)c(Oc2cnnc(O[C@H]3CCC[C@H]3O)c2)c1. The van der Waals surface area contributed by atoms with E-state index >= 15 is 0 Å². The fourth-order valence-electron chi connectivity index (χ4n) is 3.70. The van der Waals surface area contributed by atoms with Crippen molar-refractivity contribution in [3.63, 3.8) is 0 Å². The van der Waals surface area contributed by atoms with Crippen molar-refractivity contribution in [3.05, 3.63) is 65.9 Å². The number of aliphatic hydroxyl groups is 1. The molecule has 4 rings (SSSR count). The molecule has 1 aliphatic carbocycles. The predicted molar refractivity (Wildman–Crippen MR) is 116 cm³/mol. The molecule has 158 valence electrons. The number of hydrogen-bond donors (Lipinski definition) is 2. The van der Waals surface area contributed by atoms with Crippen LogP contribution < -0.4 is 15.2 Å². The number of nitrogens with zero attached hydrogens (tertiary/aromatic N) is 3. The Labute approximate surface area is 181 Å². The van der Waals surface area contributed by atoms with Crippen molar-refractivity contribution in [2.45, 2.75) is 37.9 Å². The number of hydrogen-bond acceptors (Lipinski definition) is 7. The van der Waals surface area contributed by atoms with E-state index in [1.165, 1.54) is 6.20 Å². The zero-order valence-electron chi connectivity index (χ0n) is 17.1. The number of aromatic nitrogens is 2. The van der Waals surface area contributed by atoms with Gasteiger partial charge in [0.15, 0.2) is 5.75 Å². The Bertz CT molecular complexity index is 1080.